The SMILES string of the molecule is Cc1ccccc1C(=O)N(CC(=O)N(CCc1ccccc1)Cc1ccco1)CC(C)C. The van der Waals surface area contributed by atoms with Gasteiger partial charge in [-0.25, -0.2) is 0 Å². The fraction of sp³-hybridized carbons (Fsp3) is 0.333. The number of carbonyl (C=O) groups excluding carboxylic acids is 2. The van der Waals surface area contributed by atoms with E-state index in [-0.39, 0.29) is 24.3 Å². The van der Waals surface area contributed by atoms with E-state index in [0.717, 1.165) is 17.7 Å². The highest BCUT2D eigenvalue weighted by atomic mass is 16.3. The van der Waals surface area contributed by atoms with E-state index in [1.807, 2.05) is 61.5 Å². The van der Waals surface area contributed by atoms with E-state index < -0.39 is 0 Å². The minimum Gasteiger partial charge on any atom is -0.467 e. The van der Waals surface area contributed by atoms with Gasteiger partial charge in [0.05, 0.1) is 12.8 Å². The number of hydrogen-bond acceptors (Lipinski definition) is 3. The molecule has 0 N–H and O–H groups in total. The molecular weight excluding hydrogens is 400 g/mol. The van der Waals surface area contributed by atoms with E-state index in [2.05, 4.69) is 26.0 Å². The average Bonchev–Trinajstić information content (AvgIpc) is 3.29. The number of carbonyl (C=O) groups is 2. The molecule has 3 aromatic rings. The van der Waals surface area contributed by atoms with Crippen molar-refractivity contribution >= 4 is 11.8 Å². The summed E-state index contributed by atoms with van der Waals surface area (Å²) in [5.74, 6) is 0.789. The number of amides is 2. The molecule has 3 rings (SSSR count). The number of hydrogen-bond donors (Lipinski definition) is 0. The van der Waals surface area contributed by atoms with Crippen LogP contribution in [-0.2, 0) is 17.8 Å². The predicted molar refractivity (Wildman–Crippen MR) is 126 cm³/mol. The van der Waals surface area contributed by atoms with Crippen molar-refractivity contribution in [3.63, 3.8) is 0 Å². The van der Waals surface area contributed by atoms with Crippen LogP contribution in [0.4, 0.5) is 0 Å². The normalized spacial score (nSPS) is 10.9. The Hall–Kier alpha value is -3.34. The van der Waals surface area contributed by atoms with Crippen LogP contribution < -0.4 is 0 Å². The Morgan fingerprint density at radius 2 is 1.62 bits per heavy atom. The van der Waals surface area contributed by atoms with Crippen LogP contribution in [0.3, 0.4) is 0 Å². The van der Waals surface area contributed by atoms with Crippen molar-refractivity contribution < 1.29 is 14.0 Å². The summed E-state index contributed by atoms with van der Waals surface area (Å²) in [6, 6.07) is 21.3. The van der Waals surface area contributed by atoms with Gasteiger partial charge in [0.25, 0.3) is 5.91 Å². The Bertz CT molecular complexity index is 997. The molecule has 0 fully saturated rings. The monoisotopic (exact) mass is 432 g/mol. The van der Waals surface area contributed by atoms with Gasteiger partial charge in [0.1, 0.15) is 12.3 Å². The molecule has 5 nitrogen and oxygen atoms in total. The Morgan fingerprint density at radius 1 is 0.906 bits per heavy atom. The smallest absolute Gasteiger partial charge is 0.254 e. The van der Waals surface area contributed by atoms with Gasteiger partial charge in [-0.2, -0.15) is 0 Å². The maximum atomic E-state index is 13.4. The first-order valence-corrected chi connectivity index (χ1v) is 11.1. The number of benzene rings is 2. The lowest BCUT2D eigenvalue weighted by Crippen LogP contribution is -2.44. The minimum absolute atomic E-state index is 0.0425. The first-order valence-electron chi connectivity index (χ1n) is 11.1. The Balaban J connectivity index is 1.77. The molecule has 0 bridgehead atoms. The molecule has 0 saturated heterocycles. The Kier molecular flexibility index (Phi) is 8.26. The predicted octanol–water partition coefficient (Wildman–Crippen LogP) is 4.96. The number of rotatable bonds is 10. The molecule has 32 heavy (non-hydrogen) atoms. The molecule has 2 aromatic carbocycles. The van der Waals surface area contributed by atoms with Gasteiger partial charge in [-0.15, -0.1) is 0 Å². The molecule has 1 heterocycles. The second-order valence-corrected chi connectivity index (χ2v) is 8.52. The Labute approximate surface area is 190 Å². The lowest BCUT2D eigenvalue weighted by atomic mass is 10.1. The number of nitrogens with zero attached hydrogens (tertiary/aromatic N) is 2. The third-order valence-corrected chi connectivity index (χ3v) is 5.37. The van der Waals surface area contributed by atoms with Crippen LogP contribution in [0.5, 0.6) is 0 Å². The summed E-state index contributed by atoms with van der Waals surface area (Å²) in [5, 5.41) is 0. The second-order valence-electron chi connectivity index (χ2n) is 8.52. The minimum atomic E-state index is -0.105. The molecule has 0 radical (unpaired) electrons. The average molecular weight is 433 g/mol. The van der Waals surface area contributed by atoms with Gasteiger partial charge in [-0.1, -0.05) is 62.4 Å². The quantitative estimate of drug-likeness (QED) is 0.455. The topological polar surface area (TPSA) is 53.8 Å². The van der Waals surface area contributed by atoms with Crippen molar-refractivity contribution in [2.75, 3.05) is 19.6 Å². The van der Waals surface area contributed by atoms with Gasteiger partial charge in [0.2, 0.25) is 5.91 Å². The van der Waals surface area contributed by atoms with Crippen molar-refractivity contribution in [1.82, 2.24) is 9.80 Å². The first-order chi connectivity index (χ1) is 15.4. The van der Waals surface area contributed by atoms with Crippen LogP contribution in [0, 0.1) is 12.8 Å². The maximum Gasteiger partial charge on any atom is 0.254 e. The van der Waals surface area contributed by atoms with Gasteiger partial charge in [0, 0.05) is 18.7 Å². The first kappa shape index (κ1) is 23.3. The largest absolute Gasteiger partial charge is 0.467 e. The van der Waals surface area contributed by atoms with Gasteiger partial charge < -0.3 is 14.2 Å². The van der Waals surface area contributed by atoms with Crippen molar-refractivity contribution in [3.8, 4) is 0 Å². The van der Waals surface area contributed by atoms with Crippen LogP contribution in [0.25, 0.3) is 0 Å². The summed E-state index contributed by atoms with van der Waals surface area (Å²) in [5.41, 5.74) is 2.72. The van der Waals surface area contributed by atoms with Crippen LogP contribution in [0.1, 0.15) is 41.1 Å². The zero-order chi connectivity index (χ0) is 22.9. The summed E-state index contributed by atoms with van der Waals surface area (Å²) in [7, 11) is 0. The van der Waals surface area contributed by atoms with E-state index in [0.29, 0.717) is 25.2 Å². The van der Waals surface area contributed by atoms with Crippen molar-refractivity contribution in [2.24, 2.45) is 5.92 Å². The van der Waals surface area contributed by atoms with Crippen molar-refractivity contribution in [2.45, 2.75) is 33.7 Å². The lowest BCUT2D eigenvalue weighted by Gasteiger charge is -2.29. The van der Waals surface area contributed by atoms with Gasteiger partial charge in [-0.3, -0.25) is 9.59 Å². The van der Waals surface area contributed by atoms with Crippen LogP contribution in [0.2, 0.25) is 0 Å². The standard InChI is InChI=1S/C27H32N2O3/c1-21(2)18-29(27(31)25-14-8-7-10-22(25)3)20-26(30)28(19-24-13-9-17-32-24)16-15-23-11-5-4-6-12-23/h4-14,17,21H,15-16,18-20H2,1-3H3. The third kappa shape index (κ3) is 6.58. The van der Waals surface area contributed by atoms with E-state index in [1.165, 1.54) is 5.56 Å². The molecule has 0 saturated carbocycles. The van der Waals surface area contributed by atoms with E-state index >= 15 is 0 Å². The van der Waals surface area contributed by atoms with E-state index in [1.54, 1.807) is 16.1 Å². The summed E-state index contributed by atoms with van der Waals surface area (Å²) in [6.07, 6.45) is 2.35. The molecule has 0 aliphatic carbocycles. The van der Waals surface area contributed by atoms with Crippen molar-refractivity contribution in [1.29, 1.82) is 0 Å². The molecule has 168 valence electrons. The highest BCUT2D eigenvalue weighted by Gasteiger charge is 2.24. The second kappa shape index (κ2) is 11.3. The number of furan rings is 1. The molecule has 0 aliphatic rings. The molecule has 1 aromatic heterocycles. The highest BCUT2D eigenvalue weighted by molar-refractivity contribution is 5.97. The lowest BCUT2D eigenvalue weighted by molar-refractivity contribution is -0.132. The fourth-order valence-electron chi connectivity index (χ4n) is 3.70. The summed E-state index contributed by atoms with van der Waals surface area (Å²) >= 11 is 0. The molecule has 5 heteroatoms. The van der Waals surface area contributed by atoms with E-state index in [9.17, 15) is 9.59 Å². The maximum absolute atomic E-state index is 13.4. The summed E-state index contributed by atoms with van der Waals surface area (Å²) in [6.45, 7) is 7.53. The van der Waals surface area contributed by atoms with Gasteiger partial charge in [-0.05, 0) is 48.6 Å². The van der Waals surface area contributed by atoms with E-state index in [4.69, 9.17) is 4.42 Å². The van der Waals surface area contributed by atoms with Crippen LogP contribution in [0.15, 0.2) is 77.4 Å². The molecule has 0 unspecified atom stereocenters. The third-order valence-electron chi connectivity index (χ3n) is 5.37. The van der Waals surface area contributed by atoms with Gasteiger partial charge >= 0.3 is 0 Å². The molecule has 2 amide bonds. The zero-order valence-electron chi connectivity index (χ0n) is 19.2. The fourth-order valence-corrected chi connectivity index (χ4v) is 3.70. The molecule has 0 spiro atoms. The summed E-state index contributed by atoms with van der Waals surface area (Å²) < 4.78 is 5.49. The van der Waals surface area contributed by atoms with Crippen LogP contribution in [-0.4, -0.2) is 41.2 Å². The zero-order valence-corrected chi connectivity index (χ0v) is 19.2. The molecular formula is C27H32N2O3. The number of aryl methyl sites for hydroxylation is 1. The Morgan fingerprint density at radius 3 is 2.28 bits per heavy atom. The van der Waals surface area contributed by atoms with Crippen molar-refractivity contribution in [3.05, 3.63) is 95.4 Å². The summed E-state index contributed by atoms with van der Waals surface area (Å²) in [4.78, 5) is 30.1. The van der Waals surface area contributed by atoms with Gasteiger partial charge in [0.15, 0.2) is 0 Å². The highest BCUT2D eigenvalue weighted by Crippen LogP contribution is 2.14. The molecule has 0 aliphatic heterocycles. The molecule has 0 atom stereocenters. The van der Waals surface area contributed by atoms with Crippen LogP contribution >= 0.6 is 0 Å².